The van der Waals surface area contributed by atoms with Crippen molar-refractivity contribution in [2.24, 2.45) is 7.05 Å². The average Bonchev–Trinajstić information content (AvgIpc) is 2.76. The van der Waals surface area contributed by atoms with Crippen LogP contribution in [0.15, 0.2) is 48.5 Å². The zero-order valence-electron chi connectivity index (χ0n) is 16.5. The summed E-state index contributed by atoms with van der Waals surface area (Å²) in [4.78, 5) is 2.42. The van der Waals surface area contributed by atoms with Crippen LogP contribution in [-0.4, -0.2) is 50.0 Å². The van der Waals surface area contributed by atoms with Crippen LogP contribution in [0.1, 0.15) is 5.69 Å². The smallest absolute Gasteiger partial charge is 0.373 e. The van der Waals surface area contributed by atoms with Gasteiger partial charge in [-0.25, -0.2) is 0 Å². The molecule has 1 aliphatic heterocycles. The molecule has 1 fully saturated rings. The molecule has 0 saturated carbocycles. The van der Waals surface area contributed by atoms with Gasteiger partial charge in [0, 0.05) is 31.4 Å². The van der Waals surface area contributed by atoms with Gasteiger partial charge in [0.1, 0.15) is 12.8 Å². The number of nitrogens with zero attached hydrogens (tertiary/aromatic N) is 2. The van der Waals surface area contributed by atoms with E-state index in [1.807, 2.05) is 35.9 Å². The Kier molecular flexibility index (Phi) is 5.46. The van der Waals surface area contributed by atoms with E-state index < -0.39 is 0 Å². The van der Waals surface area contributed by atoms with Crippen molar-refractivity contribution in [2.45, 2.75) is 6.42 Å². The molecule has 0 amide bonds. The molecule has 0 spiro atoms. The van der Waals surface area contributed by atoms with Gasteiger partial charge in [-0.05, 0) is 23.8 Å². The van der Waals surface area contributed by atoms with E-state index >= 15 is 0 Å². The van der Waals surface area contributed by atoms with Gasteiger partial charge < -0.3 is 14.6 Å². The maximum absolute atomic E-state index is 10.9. The van der Waals surface area contributed by atoms with Crippen LogP contribution in [0.2, 0.25) is 0 Å². The molecule has 5 heteroatoms. The van der Waals surface area contributed by atoms with Crippen molar-refractivity contribution < 1.29 is 19.1 Å². The molecule has 0 atom stereocenters. The van der Waals surface area contributed by atoms with Crippen molar-refractivity contribution in [3.8, 4) is 22.8 Å². The van der Waals surface area contributed by atoms with Gasteiger partial charge in [0.25, 0.3) is 0 Å². The van der Waals surface area contributed by atoms with E-state index in [0.29, 0.717) is 0 Å². The summed E-state index contributed by atoms with van der Waals surface area (Å²) in [5.74, 6) is 1.08. The number of rotatable bonds is 5. The fourth-order valence-electron chi connectivity index (χ4n) is 3.99. The van der Waals surface area contributed by atoms with Gasteiger partial charge in [-0.15, -0.1) is 0 Å². The minimum atomic E-state index is 0.286. The van der Waals surface area contributed by atoms with E-state index in [0.717, 1.165) is 72.6 Å². The van der Waals surface area contributed by atoms with E-state index in [4.69, 9.17) is 9.47 Å². The van der Waals surface area contributed by atoms with Crippen molar-refractivity contribution in [3.05, 3.63) is 54.2 Å². The molecule has 0 bridgehead atoms. The van der Waals surface area contributed by atoms with Crippen molar-refractivity contribution >= 4 is 10.8 Å². The van der Waals surface area contributed by atoms with E-state index in [2.05, 4.69) is 29.2 Å². The summed E-state index contributed by atoms with van der Waals surface area (Å²) in [5, 5.41) is 12.7. The molecule has 1 saturated heterocycles. The lowest BCUT2D eigenvalue weighted by Crippen LogP contribution is -2.41. The predicted molar refractivity (Wildman–Crippen MR) is 110 cm³/mol. The summed E-state index contributed by atoms with van der Waals surface area (Å²) >= 11 is 0. The quantitative estimate of drug-likeness (QED) is 0.693. The fourth-order valence-corrected chi connectivity index (χ4v) is 3.99. The molecule has 2 aromatic carbocycles. The number of ether oxygens (including phenoxy) is 2. The summed E-state index contributed by atoms with van der Waals surface area (Å²) < 4.78 is 12.9. The Labute approximate surface area is 165 Å². The van der Waals surface area contributed by atoms with E-state index in [1.165, 1.54) is 0 Å². The van der Waals surface area contributed by atoms with Gasteiger partial charge in [0.15, 0.2) is 5.69 Å². The largest absolute Gasteiger partial charge is 0.497 e. The standard InChI is InChI=1S/C23H26N2O3/c1-24-21(10-11-25-12-14-28-15-13-25)22(17-6-4-3-5-7-17)20-16-18(27-2)8-9-19(20)23(24)26/h3-9,16H,10-15H2,1-2H3/p+1. The minimum Gasteiger partial charge on any atom is -0.497 e. The van der Waals surface area contributed by atoms with Crippen LogP contribution in [0.25, 0.3) is 21.9 Å². The third-order valence-corrected chi connectivity index (χ3v) is 5.58. The van der Waals surface area contributed by atoms with Crippen LogP contribution in [0, 0.1) is 0 Å². The van der Waals surface area contributed by atoms with Crippen LogP contribution in [0.5, 0.6) is 11.6 Å². The Morgan fingerprint density at radius 1 is 1.07 bits per heavy atom. The molecule has 5 nitrogen and oxygen atoms in total. The summed E-state index contributed by atoms with van der Waals surface area (Å²) in [6.45, 7) is 4.43. The Morgan fingerprint density at radius 2 is 1.82 bits per heavy atom. The molecule has 146 valence electrons. The first kappa shape index (κ1) is 18.7. The molecule has 1 aromatic heterocycles. The third-order valence-electron chi connectivity index (χ3n) is 5.58. The SMILES string of the molecule is COc1ccc2c(O)[n+](C)c(CCN3CCOCC3)c(-c3ccccc3)c2c1. The van der Waals surface area contributed by atoms with Crippen LogP contribution in [0.4, 0.5) is 0 Å². The first-order valence-corrected chi connectivity index (χ1v) is 9.76. The normalized spacial score (nSPS) is 15.1. The first-order valence-electron chi connectivity index (χ1n) is 9.76. The summed E-state index contributed by atoms with van der Waals surface area (Å²) in [6, 6.07) is 16.2. The highest BCUT2D eigenvalue weighted by Crippen LogP contribution is 2.36. The number of fused-ring (bicyclic) bond motifs is 1. The van der Waals surface area contributed by atoms with Gasteiger partial charge in [-0.3, -0.25) is 4.90 Å². The molecular weight excluding hydrogens is 352 g/mol. The van der Waals surface area contributed by atoms with Crippen LogP contribution < -0.4 is 9.30 Å². The molecule has 1 N–H and O–H groups in total. The second-order valence-electron chi connectivity index (χ2n) is 7.19. The summed E-state index contributed by atoms with van der Waals surface area (Å²) in [6.07, 6.45) is 0.849. The monoisotopic (exact) mass is 379 g/mol. The molecule has 0 radical (unpaired) electrons. The first-order chi connectivity index (χ1) is 13.7. The highest BCUT2D eigenvalue weighted by molar-refractivity contribution is 5.99. The van der Waals surface area contributed by atoms with Gasteiger partial charge in [0.2, 0.25) is 0 Å². The zero-order chi connectivity index (χ0) is 19.5. The summed E-state index contributed by atoms with van der Waals surface area (Å²) in [5.41, 5.74) is 3.42. The topological polar surface area (TPSA) is 45.8 Å². The Balaban J connectivity index is 1.87. The number of hydrogen-bond donors (Lipinski definition) is 1. The molecular formula is C23H27N2O3+. The van der Waals surface area contributed by atoms with Crippen LogP contribution in [-0.2, 0) is 18.2 Å². The fraction of sp³-hybridized carbons (Fsp3) is 0.348. The highest BCUT2D eigenvalue weighted by Gasteiger charge is 2.26. The highest BCUT2D eigenvalue weighted by atomic mass is 16.5. The van der Waals surface area contributed by atoms with Gasteiger partial charge in [0.05, 0.1) is 31.3 Å². The molecule has 2 heterocycles. The van der Waals surface area contributed by atoms with Crippen molar-refractivity contribution in [1.29, 1.82) is 0 Å². The molecule has 1 aliphatic rings. The lowest BCUT2D eigenvalue weighted by Gasteiger charge is -2.26. The number of aromatic hydroxyl groups is 1. The zero-order valence-corrected chi connectivity index (χ0v) is 16.5. The Hall–Kier alpha value is -2.63. The number of pyridine rings is 1. The van der Waals surface area contributed by atoms with Crippen LogP contribution >= 0.6 is 0 Å². The number of hydrogen-bond acceptors (Lipinski definition) is 4. The molecule has 3 aromatic rings. The third kappa shape index (κ3) is 3.55. The molecule has 0 unspecified atom stereocenters. The van der Waals surface area contributed by atoms with E-state index in [9.17, 15) is 5.11 Å². The number of morpholine rings is 1. The lowest BCUT2D eigenvalue weighted by atomic mass is 9.95. The minimum absolute atomic E-state index is 0.286. The van der Waals surface area contributed by atoms with Gasteiger partial charge in [-0.1, -0.05) is 30.3 Å². The summed E-state index contributed by atoms with van der Waals surface area (Å²) in [7, 11) is 3.62. The average molecular weight is 379 g/mol. The number of aromatic nitrogens is 1. The predicted octanol–water partition coefficient (Wildman–Crippen LogP) is 2.92. The lowest BCUT2D eigenvalue weighted by molar-refractivity contribution is -0.683. The van der Waals surface area contributed by atoms with E-state index in [1.54, 1.807) is 7.11 Å². The number of methoxy groups -OCH3 is 1. The Morgan fingerprint density at radius 3 is 2.54 bits per heavy atom. The number of benzene rings is 2. The second-order valence-corrected chi connectivity index (χ2v) is 7.19. The maximum Gasteiger partial charge on any atom is 0.373 e. The Bertz CT molecular complexity index is 967. The van der Waals surface area contributed by atoms with Gasteiger partial charge in [-0.2, -0.15) is 4.57 Å². The van der Waals surface area contributed by atoms with Gasteiger partial charge >= 0.3 is 5.88 Å². The van der Waals surface area contributed by atoms with Crippen LogP contribution in [0.3, 0.4) is 0 Å². The molecule has 4 rings (SSSR count). The van der Waals surface area contributed by atoms with Crippen molar-refractivity contribution in [3.63, 3.8) is 0 Å². The second kappa shape index (κ2) is 8.17. The molecule has 28 heavy (non-hydrogen) atoms. The maximum atomic E-state index is 10.9. The van der Waals surface area contributed by atoms with Crippen molar-refractivity contribution in [1.82, 2.24) is 4.90 Å². The van der Waals surface area contributed by atoms with E-state index in [-0.39, 0.29) is 5.88 Å². The molecule has 0 aliphatic carbocycles. The van der Waals surface area contributed by atoms with Crippen molar-refractivity contribution in [2.75, 3.05) is 40.0 Å².